The maximum Gasteiger partial charge on any atom is 0.0208 e. The standard InChI is InChI=1S/C14H21BrN2/c1-11-12(4-2-5-14(11)15)10-16-8-3-9-17-13-6-7-13/h2,4-5,13,16-17H,3,6-10H2,1H3. The first-order valence-electron chi connectivity index (χ1n) is 6.45. The van der Waals surface area contributed by atoms with Gasteiger partial charge in [0.2, 0.25) is 0 Å². The SMILES string of the molecule is Cc1c(Br)cccc1CNCCCNC1CC1. The van der Waals surface area contributed by atoms with Crippen molar-refractivity contribution in [3.8, 4) is 0 Å². The third-order valence-corrected chi connectivity index (χ3v) is 4.10. The number of halogens is 1. The Bertz CT molecular complexity index is 361. The van der Waals surface area contributed by atoms with Gasteiger partial charge in [0.25, 0.3) is 0 Å². The molecule has 17 heavy (non-hydrogen) atoms. The minimum atomic E-state index is 0.835. The average molecular weight is 297 g/mol. The van der Waals surface area contributed by atoms with Gasteiger partial charge in [-0.05, 0) is 56.5 Å². The number of rotatable bonds is 7. The molecule has 0 atom stereocenters. The van der Waals surface area contributed by atoms with E-state index in [1.165, 1.54) is 34.9 Å². The van der Waals surface area contributed by atoms with Crippen LogP contribution in [0.25, 0.3) is 0 Å². The summed E-state index contributed by atoms with van der Waals surface area (Å²) in [5.74, 6) is 0. The first-order valence-corrected chi connectivity index (χ1v) is 7.25. The first-order chi connectivity index (χ1) is 8.27. The number of hydrogen-bond donors (Lipinski definition) is 2. The van der Waals surface area contributed by atoms with Gasteiger partial charge >= 0.3 is 0 Å². The Morgan fingerprint density at radius 2 is 2.12 bits per heavy atom. The zero-order valence-corrected chi connectivity index (χ0v) is 12.0. The molecule has 0 heterocycles. The second kappa shape index (κ2) is 6.53. The van der Waals surface area contributed by atoms with Gasteiger partial charge in [-0.1, -0.05) is 28.1 Å². The highest BCUT2D eigenvalue weighted by Gasteiger charge is 2.19. The summed E-state index contributed by atoms with van der Waals surface area (Å²) in [4.78, 5) is 0. The Morgan fingerprint density at radius 3 is 2.88 bits per heavy atom. The van der Waals surface area contributed by atoms with E-state index in [1.807, 2.05) is 0 Å². The van der Waals surface area contributed by atoms with Crippen molar-refractivity contribution in [2.75, 3.05) is 13.1 Å². The predicted molar refractivity (Wildman–Crippen MR) is 76.2 cm³/mol. The topological polar surface area (TPSA) is 24.1 Å². The molecule has 0 aliphatic heterocycles. The molecule has 94 valence electrons. The molecule has 1 aromatic rings. The molecule has 1 aliphatic rings. The molecular formula is C14H21BrN2. The normalized spacial score (nSPS) is 15.2. The van der Waals surface area contributed by atoms with Gasteiger partial charge in [0.1, 0.15) is 0 Å². The summed E-state index contributed by atoms with van der Waals surface area (Å²) in [6, 6.07) is 7.22. The molecule has 0 saturated heterocycles. The fraction of sp³-hybridized carbons (Fsp3) is 0.571. The first kappa shape index (κ1) is 13.1. The second-order valence-corrected chi connectivity index (χ2v) is 5.64. The van der Waals surface area contributed by atoms with Crippen LogP contribution in [-0.4, -0.2) is 19.1 Å². The van der Waals surface area contributed by atoms with Crippen molar-refractivity contribution in [2.45, 2.75) is 38.8 Å². The Balaban J connectivity index is 1.61. The maximum absolute atomic E-state index is 3.56. The van der Waals surface area contributed by atoms with Crippen LogP contribution in [-0.2, 0) is 6.54 Å². The van der Waals surface area contributed by atoms with Crippen molar-refractivity contribution in [1.29, 1.82) is 0 Å². The van der Waals surface area contributed by atoms with E-state index in [4.69, 9.17) is 0 Å². The monoisotopic (exact) mass is 296 g/mol. The molecule has 0 radical (unpaired) electrons. The van der Waals surface area contributed by atoms with Crippen LogP contribution in [0.5, 0.6) is 0 Å². The molecule has 1 fully saturated rings. The largest absolute Gasteiger partial charge is 0.314 e. The highest BCUT2D eigenvalue weighted by atomic mass is 79.9. The van der Waals surface area contributed by atoms with Gasteiger partial charge in [0, 0.05) is 17.1 Å². The fourth-order valence-electron chi connectivity index (χ4n) is 1.87. The third-order valence-electron chi connectivity index (χ3n) is 3.24. The van der Waals surface area contributed by atoms with Crippen LogP contribution in [0.1, 0.15) is 30.4 Å². The number of hydrogen-bond acceptors (Lipinski definition) is 2. The molecule has 2 nitrogen and oxygen atoms in total. The zero-order valence-electron chi connectivity index (χ0n) is 10.4. The van der Waals surface area contributed by atoms with Crippen molar-refractivity contribution in [1.82, 2.24) is 10.6 Å². The van der Waals surface area contributed by atoms with E-state index in [0.717, 1.165) is 25.7 Å². The molecule has 0 bridgehead atoms. The van der Waals surface area contributed by atoms with Gasteiger partial charge in [-0.3, -0.25) is 0 Å². The van der Waals surface area contributed by atoms with E-state index < -0.39 is 0 Å². The van der Waals surface area contributed by atoms with Crippen molar-refractivity contribution in [3.05, 3.63) is 33.8 Å². The predicted octanol–water partition coefficient (Wildman–Crippen LogP) is 2.99. The summed E-state index contributed by atoms with van der Waals surface area (Å²) in [6.07, 6.45) is 3.97. The molecule has 2 N–H and O–H groups in total. The molecule has 1 saturated carbocycles. The van der Waals surface area contributed by atoms with Crippen molar-refractivity contribution in [3.63, 3.8) is 0 Å². The molecule has 1 aromatic carbocycles. The average Bonchev–Trinajstić information content (AvgIpc) is 3.12. The lowest BCUT2D eigenvalue weighted by Gasteiger charge is -2.09. The van der Waals surface area contributed by atoms with E-state index in [-0.39, 0.29) is 0 Å². The van der Waals surface area contributed by atoms with Crippen molar-refractivity contribution < 1.29 is 0 Å². The molecule has 0 unspecified atom stereocenters. The van der Waals surface area contributed by atoms with Crippen LogP contribution < -0.4 is 10.6 Å². The molecular weight excluding hydrogens is 276 g/mol. The summed E-state index contributed by atoms with van der Waals surface area (Å²) < 4.78 is 1.20. The van der Waals surface area contributed by atoms with Crippen LogP contribution in [0, 0.1) is 6.92 Å². The fourth-order valence-corrected chi connectivity index (χ4v) is 2.28. The van der Waals surface area contributed by atoms with Gasteiger partial charge < -0.3 is 10.6 Å². The lowest BCUT2D eigenvalue weighted by Crippen LogP contribution is -2.23. The van der Waals surface area contributed by atoms with Crippen LogP contribution in [0.4, 0.5) is 0 Å². The van der Waals surface area contributed by atoms with Crippen molar-refractivity contribution in [2.24, 2.45) is 0 Å². The molecule has 2 rings (SSSR count). The number of nitrogens with one attached hydrogen (secondary N) is 2. The minimum Gasteiger partial charge on any atom is -0.314 e. The zero-order chi connectivity index (χ0) is 12.1. The van der Waals surface area contributed by atoms with E-state index in [1.54, 1.807) is 0 Å². The van der Waals surface area contributed by atoms with E-state index in [0.29, 0.717) is 0 Å². The Kier molecular flexibility index (Phi) is 5.01. The molecule has 0 spiro atoms. The van der Waals surface area contributed by atoms with Gasteiger partial charge in [-0.15, -0.1) is 0 Å². The van der Waals surface area contributed by atoms with E-state index in [9.17, 15) is 0 Å². The summed E-state index contributed by atoms with van der Waals surface area (Å²) in [6.45, 7) is 5.37. The van der Waals surface area contributed by atoms with Gasteiger partial charge in [-0.2, -0.15) is 0 Å². The van der Waals surface area contributed by atoms with Crippen molar-refractivity contribution >= 4 is 15.9 Å². The minimum absolute atomic E-state index is 0.835. The lowest BCUT2D eigenvalue weighted by molar-refractivity contribution is 0.592. The van der Waals surface area contributed by atoms with E-state index >= 15 is 0 Å². The Labute approximate surface area is 112 Å². The van der Waals surface area contributed by atoms with Gasteiger partial charge in [-0.25, -0.2) is 0 Å². The summed E-state index contributed by atoms with van der Waals surface area (Å²) >= 11 is 3.56. The lowest BCUT2D eigenvalue weighted by atomic mass is 10.1. The smallest absolute Gasteiger partial charge is 0.0208 e. The Morgan fingerprint density at radius 1 is 1.29 bits per heavy atom. The Hall–Kier alpha value is -0.380. The quantitative estimate of drug-likeness (QED) is 0.756. The van der Waals surface area contributed by atoms with Crippen LogP contribution in [0.15, 0.2) is 22.7 Å². The highest BCUT2D eigenvalue weighted by molar-refractivity contribution is 9.10. The summed E-state index contributed by atoms with van der Waals surface area (Å²) in [5.41, 5.74) is 2.73. The van der Waals surface area contributed by atoms with Crippen LogP contribution in [0.2, 0.25) is 0 Å². The van der Waals surface area contributed by atoms with Crippen LogP contribution >= 0.6 is 15.9 Å². The number of benzene rings is 1. The summed E-state index contributed by atoms with van der Waals surface area (Å²) in [5, 5.41) is 7.03. The molecule has 1 aliphatic carbocycles. The van der Waals surface area contributed by atoms with Gasteiger partial charge in [0.15, 0.2) is 0 Å². The third kappa shape index (κ3) is 4.41. The molecule has 0 aromatic heterocycles. The van der Waals surface area contributed by atoms with Gasteiger partial charge in [0.05, 0.1) is 0 Å². The maximum atomic E-state index is 3.56. The summed E-state index contributed by atoms with van der Waals surface area (Å²) in [7, 11) is 0. The molecule has 3 heteroatoms. The second-order valence-electron chi connectivity index (χ2n) is 4.78. The van der Waals surface area contributed by atoms with E-state index in [2.05, 4.69) is 51.7 Å². The highest BCUT2D eigenvalue weighted by Crippen LogP contribution is 2.19. The molecule has 0 amide bonds. The van der Waals surface area contributed by atoms with Crippen LogP contribution in [0.3, 0.4) is 0 Å².